The van der Waals surface area contributed by atoms with Gasteiger partial charge in [-0.15, -0.1) is 0 Å². The van der Waals surface area contributed by atoms with E-state index in [1.807, 2.05) is 6.92 Å². The van der Waals surface area contributed by atoms with Crippen molar-refractivity contribution in [2.75, 3.05) is 14.2 Å². The van der Waals surface area contributed by atoms with Crippen LogP contribution in [0.15, 0.2) is 12.1 Å². The summed E-state index contributed by atoms with van der Waals surface area (Å²) in [6.45, 7) is 3.52. The SMILES string of the molecule is COc1ccc(-c2n[nH]c(C)c2C(=O)O)c(OC)c1C. The number of aromatic nitrogens is 2. The van der Waals surface area contributed by atoms with E-state index in [4.69, 9.17) is 9.47 Å². The fraction of sp³-hybridized carbons (Fsp3) is 0.286. The maximum Gasteiger partial charge on any atom is 0.339 e. The van der Waals surface area contributed by atoms with Crippen LogP contribution in [0.3, 0.4) is 0 Å². The summed E-state index contributed by atoms with van der Waals surface area (Å²) < 4.78 is 10.6. The number of methoxy groups -OCH3 is 2. The van der Waals surface area contributed by atoms with E-state index in [0.717, 1.165) is 5.56 Å². The maximum absolute atomic E-state index is 11.4. The number of aromatic carboxylic acids is 1. The van der Waals surface area contributed by atoms with E-state index in [1.54, 1.807) is 26.2 Å². The van der Waals surface area contributed by atoms with E-state index in [9.17, 15) is 9.90 Å². The fourth-order valence-electron chi connectivity index (χ4n) is 2.23. The van der Waals surface area contributed by atoms with Crippen LogP contribution in [-0.2, 0) is 0 Å². The van der Waals surface area contributed by atoms with Crippen molar-refractivity contribution in [3.8, 4) is 22.8 Å². The van der Waals surface area contributed by atoms with Crippen LogP contribution < -0.4 is 9.47 Å². The van der Waals surface area contributed by atoms with E-state index in [-0.39, 0.29) is 5.56 Å². The lowest BCUT2D eigenvalue weighted by Crippen LogP contribution is -2.01. The first-order chi connectivity index (χ1) is 9.51. The second-order valence-electron chi connectivity index (χ2n) is 4.35. The number of hydrogen-bond donors (Lipinski definition) is 2. The Morgan fingerprint density at radius 2 is 1.95 bits per heavy atom. The van der Waals surface area contributed by atoms with Crippen molar-refractivity contribution in [2.45, 2.75) is 13.8 Å². The predicted octanol–water partition coefficient (Wildman–Crippen LogP) is 2.41. The molecule has 0 aliphatic rings. The Balaban J connectivity index is 2.71. The number of carbonyl (C=O) groups is 1. The minimum Gasteiger partial charge on any atom is -0.496 e. The van der Waals surface area contributed by atoms with Gasteiger partial charge in [0.15, 0.2) is 0 Å². The number of aromatic amines is 1. The van der Waals surface area contributed by atoms with E-state index < -0.39 is 5.97 Å². The Kier molecular flexibility index (Phi) is 3.65. The quantitative estimate of drug-likeness (QED) is 0.895. The number of nitrogens with one attached hydrogen (secondary N) is 1. The maximum atomic E-state index is 11.4. The van der Waals surface area contributed by atoms with E-state index in [2.05, 4.69) is 10.2 Å². The molecule has 0 radical (unpaired) electrons. The molecule has 6 heteroatoms. The normalized spacial score (nSPS) is 10.4. The van der Waals surface area contributed by atoms with E-state index in [1.165, 1.54) is 7.11 Å². The van der Waals surface area contributed by atoms with Gasteiger partial charge in [0.05, 0.1) is 14.2 Å². The lowest BCUT2D eigenvalue weighted by atomic mass is 10.0. The van der Waals surface area contributed by atoms with Gasteiger partial charge in [0.25, 0.3) is 0 Å². The molecule has 6 nitrogen and oxygen atoms in total. The highest BCUT2D eigenvalue weighted by Gasteiger charge is 2.23. The van der Waals surface area contributed by atoms with Gasteiger partial charge in [-0.05, 0) is 26.0 Å². The highest BCUT2D eigenvalue weighted by molar-refractivity contribution is 5.97. The summed E-state index contributed by atoms with van der Waals surface area (Å²) >= 11 is 0. The average Bonchev–Trinajstić information content (AvgIpc) is 2.80. The first kappa shape index (κ1) is 13.9. The molecular weight excluding hydrogens is 260 g/mol. The van der Waals surface area contributed by atoms with Crippen molar-refractivity contribution in [3.63, 3.8) is 0 Å². The summed E-state index contributed by atoms with van der Waals surface area (Å²) in [5.74, 6) is 0.204. The smallest absolute Gasteiger partial charge is 0.339 e. The molecule has 0 spiro atoms. The Bertz CT molecular complexity index is 661. The minimum absolute atomic E-state index is 0.146. The van der Waals surface area contributed by atoms with Crippen LogP contribution >= 0.6 is 0 Å². The zero-order valence-corrected chi connectivity index (χ0v) is 11.8. The lowest BCUT2D eigenvalue weighted by molar-refractivity contribution is 0.0697. The van der Waals surface area contributed by atoms with Crippen molar-refractivity contribution >= 4 is 5.97 Å². The van der Waals surface area contributed by atoms with Gasteiger partial charge in [0.2, 0.25) is 0 Å². The van der Waals surface area contributed by atoms with Gasteiger partial charge in [-0.2, -0.15) is 5.10 Å². The molecule has 0 aliphatic heterocycles. The third-order valence-electron chi connectivity index (χ3n) is 3.20. The molecular formula is C14H16N2O4. The van der Waals surface area contributed by atoms with Gasteiger partial charge in [-0.25, -0.2) is 4.79 Å². The van der Waals surface area contributed by atoms with Crippen LogP contribution in [0.2, 0.25) is 0 Å². The van der Waals surface area contributed by atoms with Crippen molar-refractivity contribution < 1.29 is 19.4 Å². The average molecular weight is 276 g/mol. The molecule has 0 bridgehead atoms. The van der Waals surface area contributed by atoms with Crippen LogP contribution in [0.1, 0.15) is 21.6 Å². The van der Waals surface area contributed by atoms with Crippen LogP contribution in [-0.4, -0.2) is 35.5 Å². The summed E-state index contributed by atoms with van der Waals surface area (Å²) in [5, 5.41) is 16.1. The molecule has 20 heavy (non-hydrogen) atoms. The molecule has 2 rings (SSSR count). The van der Waals surface area contributed by atoms with Gasteiger partial charge < -0.3 is 14.6 Å². The van der Waals surface area contributed by atoms with Crippen molar-refractivity contribution in [1.82, 2.24) is 10.2 Å². The number of carboxylic acid groups (broad SMARTS) is 1. The van der Waals surface area contributed by atoms with Crippen molar-refractivity contribution in [1.29, 1.82) is 0 Å². The van der Waals surface area contributed by atoms with Crippen LogP contribution in [0, 0.1) is 13.8 Å². The second-order valence-corrected chi connectivity index (χ2v) is 4.35. The number of benzene rings is 1. The summed E-state index contributed by atoms with van der Waals surface area (Å²) in [6, 6.07) is 3.51. The molecule has 1 aromatic carbocycles. The van der Waals surface area contributed by atoms with Gasteiger partial charge in [0, 0.05) is 16.8 Å². The van der Waals surface area contributed by atoms with Crippen LogP contribution in [0.5, 0.6) is 11.5 Å². The number of nitrogens with zero attached hydrogens (tertiary/aromatic N) is 1. The Hall–Kier alpha value is -2.50. The topological polar surface area (TPSA) is 84.4 Å². The third kappa shape index (κ3) is 2.09. The molecule has 2 aromatic rings. The highest BCUT2D eigenvalue weighted by Crippen LogP contribution is 2.38. The molecule has 0 atom stereocenters. The number of aryl methyl sites for hydroxylation is 1. The number of ether oxygens (including phenoxy) is 2. The Labute approximate surface area is 116 Å². The first-order valence-electron chi connectivity index (χ1n) is 6.01. The molecule has 0 saturated heterocycles. The zero-order valence-electron chi connectivity index (χ0n) is 11.8. The molecule has 1 aromatic heterocycles. The van der Waals surface area contributed by atoms with Crippen molar-refractivity contribution in [2.24, 2.45) is 0 Å². The number of H-pyrrole nitrogens is 1. The van der Waals surface area contributed by atoms with Gasteiger partial charge in [0.1, 0.15) is 22.8 Å². The molecule has 106 valence electrons. The summed E-state index contributed by atoms with van der Waals surface area (Å²) in [7, 11) is 3.11. The highest BCUT2D eigenvalue weighted by atomic mass is 16.5. The van der Waals surface area contributed by atoms with Gasteiger partial charge in [-0.3, -0.25) is 5.10 Å². The van der Waals surface area contributed by atoms with Gasteiger partial charge in [-0.1, -0.05) is 0 Å². The molecule has 0 fully saturated rings. The monoisotopic (exact) mass is 276 g/mol. The Morgan fingerprint density at radius 1 is 1.25 bits per heavy atom. The number of rotatable bonds is 4. The third-order valence-corrected chi connectivity index (χ3v) is 3.20. The summed E-state index contributed by atoms with van der Waals surface area (Å²) in [6.07, 6.45) is 0. The van der Waals surface area contributed by atoms with E-state index >= 15 is 0 Å². The molecule has 0 amide bonds. The van der Waals surface area contributed by atoms with Crippen LogP contribution in [0.25, 0.3) is 11.3 Å². The van der Waals surface area contributed by atoms with E-state index in [0.29, 0.717) is 28.5 Å². The van der Waals surface area contributed by atoms with Crippen molar-refractivity contribution in [3.05, 3.63) is 29.0 Å². The first-order valence-corrected chi connectivity index (χ1v) is 6.01. The number of carboxylic acids is 1. The lowest BCUT2D eigenvalue weighted by Gasteiger charge is -2.13. The minimum atomic E-state index is -1.03. The molecule has 0 saturated carbocycles. The molecule has 1 heterocycles. The van der Waals surface area contributed by atoms with Crippen LogP contribution in [0.4, 0.5) is 0 Å². The standard InChI is InChI=1S/C14H16N2O4/c1-7-10(19-3)6-5-9(13(7)20-4)12-11(14(17)18)8(2)15-16-12/h5-6H,1-4H3,(H,15,16)(H,17,18). The molecule has 0 aliphatic carbocycles. The van der Waals surface area contributed by atoms with Gasteiger partial charge >= 0.3 is 5.97 Å². The summed E-state index contributed by atoms with van der Waals surface area (Å²) in [5.41, 5.74) is 2.42. The number of hydrogen-bond acceptors (Lipinski definition) is 4. The predicted molar refractivity (Wildman–Crippen MR) is 73.6 cm³/mol. The molecule has 0 unspecified atom stereocenters. The second kappa shape index (κ2) is 5.24. The largest absolute Gasteiger partial charge is 0.496 e. The fourth-order valence-corrected chi connectivity index (χ4v) is 2.23. The zero-order chi connectivity index (χ0) is 14.9. The summed E-state index contributed by atoms with van der Waals surface area (Å²) in [4.78, 5) is 11.4. The Morgan fingerprint density at radius 3 is 2.50 bits per heavy atom. The molecule has 2 N–H and O–H groups in total.